The van der Waals surface area contributed by atoms with Crippen LogP contribution in [0.5, 0.6) is 0 Å². The van der Waals surface area contributed by atoms with Gasteiger partial charge in [-0.15, -0.1) is 0 Å². The molecule has 0 aromatic carbocycles. The number of hydrogen-bond acceptors (Lipinski definition) is 1. The molecular formula is C8H6N+. The van der Waals surface area contributed by atoms with Crippen LogP contribution in [0.2, 0.25) is 0 Å². The Labute approximate surface area is 54.6 Å². The molecule has 0 bridgehead atoms. The second kappa shape index (κ2) is 2.26. The van der Waals surface area contributed by atoms with E-state index in [1.165, 1.54) is 0 Å². The Bertz CT molecular complexity index is 225. The van der Waals surface area contributed by atoms with Gasteiger partial charge in [0.2, 0.25) is 0 Å². The summed E-state index contributed by atoms with van der Waals surface area (Å²) < 4.78 is 0. The Balaban J connectivity index is 2.81. The zero-order chi connectivity index (χ0) is 6.69. The number of hydrogen-bond donors (Lipinski definition) is 0. The summed E-state index contributed by atoms with van der Waals surface area (Å²) in [6.07, 6.45) is 6.10. The fourth-order valence-corrected chi connectivity index (χ4v) is 0.708. The van der Waals surface area contributed by atoms with Crippen molar-refractivity contribution < 1.29 is 0 Å². The molecule has 0 fully saturated rings. The van der Waals surface area contributed by atoms with Gasteiger partial charge in [0.1, 0.15) is 6.07 Å². The first-order valence-corrected chi connectivity index (χ1v) is 2.72. The highest BCUT2D eigenvalue weighted by molar-refractivity contribution is 5.40. The first-order valence-electron chi connectivity index (χ1n) is 2.72. The summed E-state index contributed by atoms with van der Waals surface area (Å²) in [7, 11) is 0. The van der Waals surface area contributed by atoms with Crippen molar-refractivity contribution in [2.45, 2.75) is 6.42 Å². The SMILES string of the molecule is [CH+]=C1C=CCC(C#N)=C1. The molecule has 0 amide bonds. The summed E-state index contributed by atoms with van der Waals surface area (Å²) in [5.74, 6) is 0. The minimum Gasteiger partial charge on any atom is -0.191 e. The summed E-state index contributed by atoms with van der Waals surface area (Å²) in [6.45, 7) is 5.40. The Morgan fingerprint density at radius 1 is 1.67 bits per heavy atom. The van der Waals surface area contributed by atoms with Gasteiger partial charge in [-0.1, -0.05) is 0 Å². The second-order valence-electron chi connectivity index (χ2n) is 1.89. The summed E-state index contributed by atoms with van der Waals surface area (Å²) in [5, 5.41) is 8.39. The van der Waals surface area contributed by atoms with E-state index in [1.807, 2.05) is 12.1 Å². The lowest BCUT2D eigenvalue weighted by atomic mass is 10.0. The van der Waals surface area contributed by atoms with Crippen molar-refractivity contribution in [2.24, 2.45) is 0 Å². The van der Waals surface area contributed by atoms with Crippen LogP contribution in [0.3, 0.4) is 0 Å². The molecule has 1 aliphatic rings. The maximum atomic E-state index is 8.39. The Kier molecular flexibility index (Phi) is 1.44. The molecule has 9 heavy (non-hydrogen) atoms. The average molecular weight is 116 g/mol. The van der Waals surface area contributed by atoms with Crippen LogP contribution in [0.25, 0.3) is 0 Å². The van der Waals surface area contributed by atoms with Crippen molar-refractivity contribution in [1.82, 2.24) is 0 Å². The summed E-state index contributed by atoms with van der Waals surface area (Å²) in [5.41, 5.74) is 1.40. The third kappa shape index (κ3) is 1.25. The monoisotopic (exact) mass is 116 g/mol. The lowest BCUT2D eigenvalue weighted by Crippen LogP contribution is -1.83. The fraction of sp³-hybridized carbons (Fsp3) is 0.125. The third-order valence-electron chi connectivity index (χ3n) is 1.13. The van der Waals surface area contributed by atoms with Crippen molar-refractivity contribution in [3.8, 4) is 6.07 Å². The Morgan fingerprint density at radius 2 is 2.44 bits per heavy atom. The molecule has 0 N–H and O–H groups in total. The quantitative estimate of drug-likeness (QED) is 0.442. The predicted molar refractivity (Wildman–Crippen MR) is 35.3 cm³/mol. The van der Waals surface area contributed by atoms with Gasteiger partial charge in [0.05, 0.1) is 17.7 Å². The van der Waals surface area contributed by atoms with Crippen LogP contribution < -0.4 is 0 Å². The molecule has 0 atom stereocenters. The van der Waals surface area contributed by atoms with Crippen molar-refractivity contribution >= 4 is 0 Å². The van der Waals surface area contributed by atoms with Crippen LogP contribution in [-0.4, -0.2) is 0 Å². The van der Waals surface area contributed by atoms with Gasteiger partial charge in [0, 0.05) is 13.0 Å². The van der Waals surface area contributed by atoms with Gasteiger partial charge in [0.25, 0.3) is 0 Å². The van der Waals surface area contributed by atoms with Gasteiger partial charge < -0.3 is 0 Å². The van der Waals surface area contributed by atoms with E-state index in [-0.39, 0.29) is 0 Å². The molecule has 0 saturated carbocycles. The van der Waals surface area contributed by atoms with Gasteiger partial charge >= 0.3 is 0 Å². The molecule has 0 aliphatic heterocycles. The number of allylic oxidation sites excluding steroid dienone is 5. The van der Waals surface area contributed by atoms with E-state index in [0.29, 0.717) is 5.57 Å². The van der Waals surface area contributed by atoms with E-state index in [1.54, 1.807) is 12.2 Å². The van der Waals surface area contributed by atoms with Gasteiger partial charge in [-0.2, -0.15) is 5.26 Å². The first-order chi connectivity index (χ1) is 4.33. The average Bonchev–Trinajstić information content (AvgIpc) is 1.88. The van der Waals surface area contributed by atoms with E-state index >= 15 is 0 Å². The van der Waals surface area contributed by atoms with Crippen LogP contribution in [0, 0.1) is 17.9 Å². The van der Waals surface area contributed by atoms with Crippen LogP contribution in [0.15, 0.2) is 29.4 Å². The van der Waals surface area contributed by atoms with E-state index in [0.717, 1.165) is 12.0 Å². The van der Waals surface area contributed by atoms with Crippen LogP contribution in [0.1, 0.15) is 6.42 Å². The molecule has 1 nitrogen and oxygen atoms in total. The van der Waals surface area contributed by atoms with Crippen molar-refractivity contribution in [3.05, 3.63) is 36.0 Å². The minimum absolute atomic E-state index is 0.665. The summed E-state index contributed by atoms with van der Waals surface area (Å²) in [6, 6.07) is 2.04. The van der Waals surface area contributed by atoms with E-state index in [2.05, 4.69) is 0 Å². The van der Waals surface area contributed by atoms with Crippen LogP contribution >= 0.6 is 0 Å². The molecule has 0 saturated heterocycles. The van der Waals surface area contributed by atoms with Crippen molar-refractivity contribution in [1.29, 1.82) is 5.26 Å². The molecule has 0 radical (unpaired) electrons. The van der Waals surface area contributed by atoms with E-state index in [4.69, 9.17) is 11.8 Å². The van der Waals surface area contributed by atoms with Crippen molar-refractivity contribution in [2.75, 3.05) is 0 Å². The topological polar surface area (TPSA) is 23.8 Å². The van der Waals surface area contributed by atoms with Gasteiger partial charge in [-0.25, -0.2) is 0 Å². The van der Waals surface area contributed by atoms with Crippen LogP contribution in [0.4, 0.5) is 0 Å². The predicted octanol–water partition coefficient (Wildman–Crippen LogP) is 1.76. The van der Waals surface area contributed by atoms with Crippen LogP contribution in [-0.2, 0) is 0 Å². The minimum atomic E-state index is 0.665. The Hall–Kier alpha value is -1.38. The highest BCUT2D eigenvalue weighted by atomic mass is 14.2. The van der Waals surface area contributed by atoms with Crippen molar-refractivity contribution in [3.63, 3.8) is 0 Å². The maximum Gasteiger partial charge on any atom is 0.181 e. The molecule has 0 aromatic rings. The molecule has 1 rings (SSSR count). The third-order valence-corrected chi connectivity index (χ3v) is 1.13. The van der Waals surface area contributed by atoms with E-state index < -0.39 is 0 Å². The molecule has 0 aromatic heterocycles. The van der Waals surface area contributed by atoms with E-state index in [9.17, 15) is 0 Å². The zero-order valence-electron chi connectivity index (χ0n) is 4.96. The largest absolute Gasteiger partial charge is 0.191 e. The number of nitriles is 1. The Morgan fingerprint density at radius 3 is 2.89 bits per heavy atom. The fourth-order valence-electron chi connectivity index (χ4n) is 0.708. The highest BCUT2D eigenvalue weighted by Crippen LogP contribution is 2.12. The first kappa shape index (κ1) is 5.75. The molecule has 0 heterocycles. The number of nitrogens with zero attached hydrogens (tertiary/aromatic N) is 1. The maximum absolute atomic E-state index is 8.39. The normalized spacial score (nSPS) is 16.7. The van der Waals surface area contributed by atoms with Gasteiger partial charge in [0.15, 0.2) is 5.57 Å². The lowest BCUT2D eigenvalue weighted by Gasteiger charge is -1.90. The molecule has 1 heteroatoms. The lowest BCUT2D eigenvalue weighted by molar-refractivity contribution is 1.24. The molecule has 42 valence electrons. The second-order valence-corrected chi connectivity index (χ2v) is 1.89. The van der Waals surface area contributed by atoms with Gasteiger partial charge in [-0.3, -0.25) is 0 Å². The smallest absolute Gasteiger partial charge is 0.181 e. The standard InChI is InChI=1S/C8H6N/c1-7-3-2-4-8(5-7)6-9/h1-3,5H,4H2/q+1. The summed E-state index contributed by atoms with van der Waals surface area (Å²) >= 11 is 0. The molecule has 0 spiro atoms. The highest BCUT2D eigenvalue weighted by Gasteiger charge is 2.05. The number of rotatable bonds is 0. The molecule has 1 aliphatic carbocycles. The molecular weight excluding hydrogens is 110 g/mol. The molecule has 0 unspecified atom stereocenters. The zero-order valence-corrected chi connectivity index (χ0v) is 4.96. The van der Waals surface area contributed by atoms with Gasteiger partial charge in [-0.05, 0) is 6.08 Å². The summed E-state index contributed by atoms with van der Waals surface area (Å²) in [4.78, 5) is 0.